The number of piperidine rings is 2. The van der Waals surface area contributed by atoms with Gasteiger partial charge in [0.2, 0.25) is 5.91 Å². The Morgan fingerprint density at radius 2 is 1.72 bits per heavy atom. The summed E-state index contributed by atoms with van der Waals surface area (Å²) < 4.78 is 3.42. The van der Waals surface area contributed by atoms with Crippen molar-refractivity contribution in [3.05, 3.63) is 135 Å². The molecule has 1 N–H and O–H groups in total. The number of pyridine rings is 1. The lowest BCUT2D eigenvalue weighted by molar-refractivity contribution is -0.142. The third-order valence-corrected chi connectivity index (χ3v) is 12.2. The fraction of sp³-hybridized carbons (Fsp3) is 0.341. The zero-order valence-electron chi connectivity index (χ0n) is 29.6. The molecular formula is C41H42ClN7O3S. The molecule has 0 aliphatic carbocycles. The van der Waals surface area contributed by atoms with Gasteiger partial charge in [0.25, 0.3) is 5.56 Å². The van der Waals surface area contributed by atoms with Gasteiger partial charge >= 0.3 is 0 Å². The Balaban J connectivity index is 0.918. The van der Waals surface area contributed by atoms with Crippen LogP contribution in [0.2, 0.25) is 5.02 Å². The van der Waals surface area contributed by atoms with E-state index in [9.17, 15) is 14.7 Å². The molecule has 10 nitrogen and oxygen atoms in total. The van der Waals surface area contributed by atoms with Crippen LogP contribution < -0.4 is 5.56 Å². The molecule has 1 amide bonds. The number of carbonyl (C=O) groups is 1. The minimum absolute atomic E-state index is 0.0496. The number of thiazole rings is 1. The van der Waals surface area contributed by atoms with Crippen LogP contribution in [0.25, 0.3) is 21.6 Å². The SMILES string of the molecule is Cc1ccc(-c2ncc(CN3CC[C@@H](C(=O)N4CCC(O)(Cn5cnc6c(ccn6Cc6ccccc6Cl)c5=O)CC4)[C@H](c4ccccc4)C3)s2)cn1. The van der Waals surface area contributed by atoms with E-state index in [4.69, 9.17) is 11.6 Å². The molecule has 2 fully saturated rings. The van der Waals surface area contributed by atoms with Crippen molar-refractivity contribution in [2.45, 2.75) is 57.3 Å². The number of benzene rings is 2. The van der Waals surface area contributed by atoms with Gasteiger partial charge in [0.15, 0.2) is 0 Å². The summed E-state index contributed by atoms with van der Waals surface area (Å²) in [4.78, 5) is 47.1. The maximum absolute atomic E-state index is 14.2. The smallest absolute Gasteiger partial charge is 0.262 e. The monoisotopic (exact) mass is 747 g/mol. The van der Waals surface area contributed by atoms with E-state index in [-0.39, 0.29) is 29.8 Å². The minimum atomic E-state index is -1.12. The summed E-state index contributed by atoms with van der Waals surface area (Å²) in [6.45, 7) is 5.85. The molecule has 6 heterocycles. The van der Waals surface area contributed by atoms with E-state index in [1.807, 2.05) is 83.5 Å². The van der Waals surface area contributed by atoms with Crippen molar-refractivity contribution in [2.24, 2.45) is 5.92 Å². The van der Waals surface area contributed by atoms with E-state index in [1.165, 1.54) is 21.3 Å². The lowest BCUT2D eigenvalue weighted by Gasteiger charge is -2.43. The van der Waals surface area contributed by atoms with Gasteiger partial charge in [-0.15, -0.1) is 11.3 Å². The highest BCUT2D eigenvalue weighted by molar-refractivity contribution is 7.15. The number of halogens is 1. The van der Waals surface area contributed by atoms with Crippen LogP contribution >= 0.6 is 22.9 Å². The van der Waals surface area contributed by atoms with Crippen LogP contribution in [0.3, 0.4) is 0 Å². The summed E-state index contributed by atoms with van der Waals surface area (Å²) in [5.74, 6) is 0.0423. The first-order valence-electron chi connectivity index (χ1n) is 18.2. The molecule has 4 aromatic heterocycles. The van der Waals surface area contributed by atoms with Crippen LogP contribution in [-0.4, -0.2) is 76.7 Å². The number of nitrogens with zero attached hydrogens (tertiary/aromatic N) is 7. The predicted molar refractivity (Wildman–Crippen MR) is 208 cm³/mol. The van der Waals surface area contributed by atoms with Crippen LogP contribution in [0.4, 0.5) is 0 Å². The Bertz CT molecular complexity index is 2280. The lowest BCUT2D eigenvalue weighted by atomic mass is 9.79. The highest BCUT2D eigenvalue weighted by Crippen LogP contribution is 2.37. The molecular weight excluding hydrogens is 706 g/mol. The van der Waals surface area contributed by atoms with Gasteiger partial charge in [-0.3, -0.25) is 24.0 Å². The van der Waals surface area contributed by atoms with Gasteiger partial charge in [-0.1, -0.05) is 60.1 Å². The number of rotatable bonds is 9. The van der Waals surface area contributed by atoms with Crippen molar-refractivity contribution >= 4 is 39.9 Å². The largest absolute Gasteiger partial charge is 0.388 e. The number of hydrogen-bond donors (Lipinski definition) is 1. The normalized spacial score (nSPS) is 19.1. The van der Waals surface area contributed by atoms with Crippen molar-refractivity contribution in [3.8, 4) is 10.6 Å². The summed E-state index contributed by atoms with van der Waals surface area (Å²) in [5, 5.41) is 13.8. The van der Waals surface area contributed by atoms with Gasteiger partial charge in [-0.25, -0.2) is 9.97 Å². The Morgan fingerprint density at radius 3 is 2.49 bits per heavy atom. The van der Waals surface area contributed by atoms with Gasteiger partial charge in [-0.05, 0) is 68.1 Å². The number of likely N-dealkylation sites (tertiary alicyclic amines) is 2. The van der Waals surface area contributed by atoms with Gasteiger partial charge in [0.05, 0.1) is 24.1 Å². The van der Waals surface area contributed by atoms with E-state index < -0.39 is 5.60 Å². The fourth-order valence-electron chi connectivity index (χ4n) is 7.84. The average Bonchev–Trinajstić information content (AvgIpc) is 3.82. The fourth-order valence-corrected chi connectivity index (χ4v) is 8.98. The summed E-state index contributed by atoms with van der Waals surface area (Å²) >= 11 is 8.07. The van der Waals surface area contributed by atoms with Crippen molar-refractivity contribution in [1.29, 1.82) is 0 Å². The molecule has 53 heavy (non-hydrogen) atoms. The first-order valence-corrected chi connectivity index (χ1v) is 19.4. The third kappa shape index (κ3) is 7.57. The standard InChI is InChI=1S/C41H42ClN7O3S/c1-28-11-12-30(21-43-28)38-44-22-32(53-38)24-46-17-13-33(35(25-46)29-7-3-2-4-8-29)39(50)47-19-15-41(52,16-20-47)26-49-27-45-37-34(40(49)51)14-18-48(37)23-31-9-5-6-10-36(31)42/h2-12,14,18,21-22,27,33,35,52H,13,15-17,19-20,23-26H2,1H3/t33-,35+/m1/s1. The lowest BCUT2D eigenvalue weighted by Crippen LogP contribution is -2.53. The molecule has 0 unspecified atom stereocenters. The zero-order chi connectivity index (χ0) is 36.5. The molecule has 2 aliphatic heterocycles. The number of carbonyl (C=O) groups excluding carboxylic acids is 1. The van der Waals surface area contributed by atoms with Crippen molar-refractivity contribution < 1.29 is 9.90 Å². The summed E-state index contributed by atoms with van der Waals surface area (Å²) in [5.41, 5.74) is 3.37. The third-order valence-electron chi connectivity index (χ3n) is 10.8. The van der Waals surface area contributed by atoms with Gasteiger partial charge in [0, 0.05) is 77.8 Å². The van der Waals surface area contributed by atoms with Crippen LogP contribution in [0.1, 0.15) is 46.9 Å². The second kappa shape index (κ2) is 15.0. The van der Waals surface area contributed by atoms with Crippen molar-refractivity contribution in [1.82, 2.24) is 33.9 Å². The molecule has 0 saturated carbocycles. The molecule has 2 saturated heterocycles. The number of aliphatic hydroxyl groups is 1. The number of aromatic nitrogens is 5. The predicted octanol–water partition coefficient (Wildman–Crippen LogP) is 6.39. The molecule has 0 radical (unpaired) electrons. The van der Waals surface area contributed by atoms with Crippen LogP contribution in [0.5, 0.6) is 0 Å². The molecule has 2 atom stereocenters. The maximum Gasteiger partial charge on any atom is 0.262 e. The van der Waals surface area contributed by atoms with Gasteiger partial charge in [0.1, 0.15) is 17.0 Å². The molecule has 2 aromatic carbocycles. The average molecular weight is 748 g/mol. The van der Waals surface area contributed by atoms with Crippen molar-refractivity contribution in [3.63, 3.8) is 0 Å². The van der Waals surface area contributed by atoms with Gasteiger partial charge in [-0.2, -0.15) is 0 Å². The highest BCUT2D eigenvalue weighted by atomic mass is 35.5. The van der Waals surface area contributed by atoms with Crippen LogP contribution in [0.15, 0.2) is 103 Å². The summed E-state index contributed by atoms with van der Waals surface area (Å²) in [6, 6.07) is 23.8. The first kappa shape index (κ1) is 35.4. The molecule has 0 bridgehead atoms. The van der Waals surface area contributed by atoms with Crippen molar-refractivity contribution in [2.75, 3.05) is 26.2 Å². The molecule has 272 valence electrons. The highest BCUT2D eigenvalue weighted by Gasteiger charge is 2.41. The molecule has 8 rings (SSSR count). The molecule has 6 aromatic rings. The number of aryl methyl sites for hydroxylation is 1. The summed E-state index contributed by atoms with van der Waals surface area (Å²) in [7, 11) is 0. The maximum atomic E-state index is 14.2. The topological polar surface area (TPSA) is 109 Å². The Hall–Kier alpha value is -4.68. The molecule has 2 aliphatic rings. The Labute approximate surface area is 317 Å². The first-order chi connectivity index (χ1) is 25.7. The minimum Gasteiger partial charge on any atom is -0.388 e. The summed E-state index contributed by atoms with van der Waals surface area (Å²) in [6.07, 6.45) is 8.73. The zero-order valence-corrected chi connectivity index (χ0v) is 31.2. The second-order valence-corrected chi connectivity index (χ2v) is 16.0. The van der Waals surface area contributed by atoms with E-state index in [1.54, 1.807) is 17.4 Å². The van der Waals surface area contributed by atoms with E-state index in [2.05, 4.69) is 38.1 Å². The van der Waals surface area contributed by atoms with Crippen LogP contribution in [-0.2, 0) is 24.4 Å². The molecule has 12 heteroatoms. The Kier molecular flexibility index (Phi) is 9.99. The number of amides is 1. The van der Waals surface area contributed by atoms with E-state index in [0.717, 1.165) is 47.9 Å². The number of fused-ring (bicyclic) bond motifs is 1. The quantitative estimate of drug-likeness (QED) is 0.183. The Morgan fingerprint density at radius 1 is 0.925 bits per heavy atom. The molecule has 0 spiro atoms. The van der Waals surface area contributed by atoms with E-state index >= 15 is 0 Å². The number of hydrogen-bond acceptors (Lipinski definition) is 8. The van der Waals surface area contributed by atoms with Crippen LogP contribution in [0, 0.1) is 12.8 Å². The van der Waals surface area contributed by atoms with Gasteiger partial charge < -0.3 is 14.6 Å². The van der Waals surface area contributed by atoms with E-state index in [0.29, 0.717) is 48.5 Å². The second-order valence-electron chi connectivity index (χ2n) is 14.5.